The van der Waals surface area contributed by atoms with Gasteiger partial charge in [-0.25, -0.2) is 4.98 Å². The molecule has 0 bridgehead atoms. The highest BCUT2D eigenvalue weighted by Crippen LogP contribution is 2.35. The molecule has 2 aromatic rings. The molecule has 0 radical (unpaired) electrons. The lowest BCUT2D eigenvalue weighted by atomic mass is 10.1. The number of benzene rings is 1. The molecule has 3 heterocycles. The van der Waals surface area contributed by atoms with Gasteiger partial charge in [-0.1, -0.05) is 0 Å². The predicted octanol–water partition coefficient (Wildman–Crippen LogP) is 1.02. The lowest BCUT2D eigenvalue weighted by molar-refractivity contribution is -0.125. The van der Waals surface area contributed by atoms with Crippen molar-refractivity contribution in [2.24, 2.45) is 0 Å². The minimum Gasteiger partial charge on any atom is -0.480 e. The number of carbonyl (C=O) groups is 3. The molecule has 9 heteroatoms. The zero-order valence-corrected chi connectivity index (χ0v) is 15.3. The van der Waals surface area contributed by atoms with Crippen LogP contribution in [-0.4, -0.2) is 48.9 Å². The number of nitrogens with zero attached hydrogens (tertiary/aromatic N) is 3. The first-order chi connectivity index (χ1) is 13.3. The van der Waals surface area contributed by atoms with Crippen molar-refractivity contribution in [2.75, 3.05) is 35.7 Å². The topological polar surface area (TPSA) is 115 Å². The molecule has 2 N–H and O–H groups in total. The van der Waals surface area contributed by atoms with Crippen LogP contribution in [0.1, 0.15) is 17.3 Å². The number of Topliss-reactive ketones (excluding diaryl/α,β-unsaturated/α-hetero) is 1. The van der Waals surface area contributed by atoms with E-state index in [0.717, 1.165) is 0 Å². The number of anilines is 3. The van der Waals surface area contributed by atoms with Crippen LogP contribution in [0.2, 0.25) is 0 Å². The third-order valence-electron chi connectivity index (χ3n) is 4.69. The number of ketones is 1. The van der Waals surface area contributed by atoms with Gasteiger partial charge in [0.05, 0.1) is 12.2 Å². The first-order valence-electron chi connectivity index (χ1n) is 8.66. The van der Waals surface area contributed by atoms with Crippen LogP contribution in [-0.2, 0) is 9.59 Å². The number of hydrogen-bond donors (Lipinski definition) is 1. The normalized spacial score (nSPS) is 18.1. The maximum atomic E-state index is 12.9. The fraction of sp³-hybridized carbons (Fsp3) is 0.263. The predicted molar refractivity (Wildman–Crippen MR) is 101 cm³/mol. The molecule has 0 aliphatic carbocycles. The van der Waals surface area contributed by atoms with Gasteiger partial charge in [0.1, 0.15) is 11.6 Å². The number of hydrogen-bond acceptors (Lipinski definition) is 7. The Morgan fingerprint density at radius 3 is 2.79 bits per heavy atom. The summed E-state index contributed by atoms with van der Waals surface area (Å²) in [4.78, 5) is 44.1. The summed E-state index contributed by atoms with van der Waals surface area (Å²) in [5.41, 5.74) is 6.56. The number of carbonyl (C=O) groups excluding carboxylic acids is 3. The van der Waals surface area contributed by atoms with Crippen molar-refractivity contribution in [1.29, 1.82) is 0 Å². The van der Waals surface area contributed by atoms with Gasteiger partial charge in [0, 0.05) is 12.6 Å². The van der Waals surface area contributed by atoms with Crippen LogP contribution in [0.4, 0.5) is 17.3 Å². The summed E-state index contributed by atoms with van der Waals surface area (Å²) < 4.78 is 10.9. The van der Waals surface area contributed by atoms with Gasteiger partial charge in [-0.05, 0) is 37.3 Å². The smallest absolute Gasteiger partial charge is 0.267 e. The summed E-state index contributed by atoms with van der Waals surface area (Å²) in [5.74, 6) is 0.443. The second-order valence-corrected chi connectivity index (χ2v) is 6.59. The minimum absolute atomic E-state index is 0.182. The molecule has 28 heavy (non-hydrogen) atoms. The summed E-state index contributed by atoms with van der Waals surface area (Å²) in [6.45, 7) is 1.26. The molecule has 2 aliphatic rings. The zero-order valence-electron chi connectivity index (χ0n) is 15.3. The second-order valence-electron chi connectivity index (χ2n) is 6.59. The molecular weight excluding hydrogens is 364 g/mol. The lowest BCUT2D eigenvalue weighted by Gasteiger charge is -2.31. The molecule has 1 aromatic heterocycles. The first kappa shape index (κ1) is 17.8. The first-order valence-corrected chi connectivity index (χ1v) is 8.66. The maximum Gasteiger partial charge on any atom is 0.267 e. The third kappa shape index (κ3) is 2.90. The second kappa shape index (κ2) is 6.52. The van der Waals surface area contributed by atoms with Crippen LogP contribution in [0.3, 0.4) is 0 Å². The van der Waals surface area contributed by atoms with E-state index in [1.807, 2.05) is 0 Å². The quantitative estimate of drug-likeness (QED) is 0.788. The van der Waals surface area contributed by atoms with Gasteiger partial charge in [-0.15, -0.1) is 0 Å². The molecule has 0 fully saturated rings. The minimum atomic E-state index is -0.585. The standard InChI is InChI=1S/C19H18N4O5/c1-10-19(26)22(2)12-7-11(3-4-14(12)28-10)13(24)8-23-17(25)9-27-15-5-6-16(20)21-18(15)23/h3-7,10H,8-9H2,1-2H3,(H2,20,21). The third-order valence-corrected chi connectivity index (χ3v) is 4.69. The van der Waals surface area contributed by atoms with E-state index in [0.29, 0.717) is 22.7 Å². The SMILES string of the molecule is CC1Oc2ccc(C(=O)CN3C(=O)COc4ccc(N)nc43)cc2N(C)C1=O. The summed E-state index contributed by atoms with van der Waals surface area (Å²) in [7, 11) is 1.63. The number of rotatable bonds is 3. The van der Waals surface area contributed by atoms with Crippen molar-refractivity contribution in [2.45, 2.75) is 13.0 Å². The number of pyridine rings is 1. The van der Waals surface area contributed by atoms with Crippen LogP contribution in [0, 0.1) is 0 Å². The van der Waals surface area contributed by atoms with Crippen LogP contribution in [0.15, 0.2) is 30.3 Å². The largest absolute Gasteiger partial charge is 0.480 e. The molecule has 0 saturated heterocycles. The van der Waals surface area contributed by atoms with Crippen LogP contribution >= 0.6 is 0 Å². The van der Waals surface area contributed by atoms with Gasteiger partial charge in [-0.2, -0.15) is 0 Å². The van der Waals surface area contributed by atoms with Crippen molar-refractivity contribution < 1.29 is 23.9 Å². The van der Waals surface area contributed by atoms with E-state index in [1.54, 1.807) is 44.3 Å². The molecule has 1 unspecified atom stereocenters. The zero-order chi connectivity index (χ0) is 20.0. The van der Waals surface area contributed by atoms with Gasteiger partial charge in [0.2, 0.25) is 0 Å². The van der Waals surface area contributed by atoms with Gasteiger partial charge >= 0.3 is 0 Å². The Morgan fingerprint density at radius 1 is 1.25 bits per heavy atom. The summed E-state index contributed by atoms with van der Waals surface area (Å²) in [6, 6.07) is 8.01. The number of aromatic nitrogens is 1. The molecule has 2 amide bonds. The number of likely N-dealkylation sites (N-methyl/N-ethyl adjacent to an activating group) is 1. The molecule has 9 nitrogen and oxygen atoms in total. The average molecular weight is 382 g/mol. The Balaban J connectivity index is 1.63. The Kier molecular flexibility index (Phi) is 4.14. The summed E-state index contributed by atoms with van der Waals surface area (Å²) >= 11 is 0. The molecule has 1 aromatic carbocycles. The Hall–Kier alpha value is -3.62. The fourth-order valence-electron chi connectivity index (χ4n) is 3.17. The highest BCUT2D eigenvalue weighted by molar-refractivity contribution is 6.08. The monoisotopic (exact) mass is 382 g/mol. The van der Waals surface area contributed by atoms with Gasteiger partial charge in [-0.3, -0.25) is 19.3 Å². The van der Waals surface area contributed by atoms with Crippen LogP contribution in [0.25, 0.3) is 0 Å². The number of nitrogen functional groups attached to an aromatic ring is 1. The molecule has 1 atom stereocenters. The molecule has 4 rings (SSSR count). The highest BCUT2D eigenvalue weighted by atomic mass is 16.5. The summed E-state index contributed by atoms with van der Waals surface area (Å²) in [5, 5.41) is 0. The molecule has 144 valence electrons. The Morgan fingerprint density at radius 2 is 2.00 bits per heavy atom. The number of nitrogens with two attached hydrogens (primary N) is 1. The van der Waals surface area contributed by atoms with E-state index in [9.17, 15) is 14.4 Å². The molecular formula is C19H18N4O5. The molecule has 0 saturated carbocycles. The molecule has 2 aliphatic heterocycles. The highest BCUT2D eigenvalue weighted by Gasteiger charge is 2.32. The van der Waals surface area contributed by atoms with Crippen molar-refractivity contribution in [3.8, 4) is 11.5 Å². The fourth-order valence-corrected chi connectivity index (χ4v) is 3.17. The van der Waals surface area contributed by atoms with E-state index in [-0.39, 0.29) is 42.4 Å². The number of ether oxygens (including phenoxy) is 2. The Bertz CT molecular complexity index is 1010. The van der Waals surface area contributed by atoms with Gasteiger partial charge < -0.3 is 20.1 Å². The van der Waals surface area contributed by atoms with E-state index in [1.165, 1.54) is 9.80 Å². The lowest BCUT2D eigenvalue weighted by Crippen LogP contribution is -2.43. The van der Waals surface area contributed by atoms with Crippen molar-refractivity contribution in [3.63, 3.8) is 0 Å². The van der Waals surface area contributed by atoms with Gasteiger partial charge in [0.25, 0.3) is 11.8 Å². The maximum absolute atomic E-state index is 12.9. The van der Waals surface area contributed by atoms with Crippen LogP contribution < -0.4 is 25.0 Å². The van der Waals surface area contributed by atoms with E-state index >= 15 is 0 Å². The van der Waals surface area contributed by atoms with E-state index < -0.39 is 6.10 Å². The molecule has 0 spiro atoms. The number of fused-ring (bicyclic) bond motifs is 2. The number of amides is 2. The van der Waals surface area contributed by atoms with Gasteiger partial charge in [0.15, 0.2) is 30.1 Å². The van der Waals surface area contributed by atoms with E-state index in [2.05, 4.69) is 4.98 Å². The van der Waals surface area contributed by atoms with Crippen molar-refractivity contribution in [3.05, 3.63) is 35.9 Å². The Labute approximate surface area is 160 Å². The van der Waals surface area contributed by atoms with Crippen LogP contribution in [0.5, 0.6) is 11.5 Å². The average Bonchev–Trinajstić information content (AvgIpc) is 2.68. The van der Waals surface area contributed by atoms with E-state index in [4.69, 9.17) is 15.2 Å². The van der Waals surface area contributed by atoms with Crippen molar-refractivity contribution in [1.82, 2.24) is 4.98 Å². The summed E-state index contributed by atoms with van der Waals surface area (Å²) in [6.07, 6.45) is -0.585. The van der Waals surface area contributed by atoms with Crippen molar-refractivity contribution >= 4 is 34.9 Å².